The van der Waals surface area contributed by atoms with Gasteiger partial charge >= 0.3 is 0 Å². The van der Waals surface area contributed by atoms with Crippen LogP contribution in [0.3, 0.4) is 0 Å². The number of nitrogens with one attached hydrogen (secondary N) is 2. The van der Waals surface area contributed by atoms with Crippen molar-refractivity contribution in [3.63, 3.8) is 0 Å². The summed E-state index contributed by atoms with van der Waals surface area (Å²) in [6.45, 7) is 1.53. The lowest BCUT2D eigenvalue weighted by Crippen LogP contribution is -2.47. The van der Waals surface area contributed by atoms with Crippen molar-refractivity contribution in [1.29, 1.82) is 0 Å². The fraction of sp³-hybridized carbons (Fsp3) is 0.176. The van der Waals surface area contributed by atoms with Gasteiger partial charge < -0.3 is 9.47 Å². The number of methoxy groups -OCH3 is 1. The van der Waals surface area contributed by atoms with Gasteiger partial charge in [0.1, 0.15) is 11.5 Å². The Bertz CT molecular complexity index is 832. The second-order valence-corrected chi connectivity index (χ2v) is 7.13. The minimum atomic E-state index is -0.884. The lowest BCUT2D eigenvalue weighted by atomic mass is 10.2. The second kappa shape index (κ2) is 9.29. The Morgan fingerprint density at radius 1 is 1.08 bits per heavy atom. The molecule has 6 nitrogen and oxygen atoms in total. The number of halogens is 3. The first-order chi connectivity index (χ1) is 12.3. The van der Waals surface area contributed by atoms with Crippen molar-refractivity contribution in [1.82, 2.24) is 10.9 Å². The predicted molar refractivity (Wildman–Crippen MR) is 108 cm³/mol. The molecule has 2 N–H and O–H groups in total. The van der Waals surface area contributed by atoms with E-state index in [1.807, 2.05) is 0 Å². The highest BCUT2D eigenvalue weighted by molar-refractivity contribution is 14.1. The minimum Gasteiger partial charge on any atom is -0.496 e. The highest BCUT2D eigenvalue weighted by Crippen LogP contribution is 2.28. The maximum atomic E-state index is 12.1. The van der Waals surface area contributed by atoms with E-state index in [0.717, 1.165) is 3.57 Å². The number of hydrazine groups is 1. The molecule has 1 unspecified atom stereocenters. The van der Waals surface area contributed by atoms with E-state index in [9.17, 15) is 9.59 Å². The smallest absolute Gasteiger partial charge is 0.279 e. The van der Waals surface area contributed by atoms with Crippen LogP contribution in [-0.4, -0.2) is 25.0 Å². The van der Waals surface area contributed by atoms with E-state index >= 15 is 0 Å². The summed E-state index contributed by atoms with van der Waals surface area (Å²) in [5.41, 5.74) is 5.03. The van der Waals surface area contributed by atoms with E-state index in [0.29, 0.717) is 22.1 Å². The Morgan fingerprint density at radius 3 is 2.38 bits per heavy atom. The third-order valence-corrected chi connectivity index (χ3v) is 4.65. The Hall–Kier alpha value is -1.71. The molecule has 0 aliphatic carbocycles. The summed E-state index contributed by atoms with van der Waals surface area (Å²) < 4.78 is 11.4. The molecule has 2 rings (SSSR count). The zero-order chi connectivity index (χ0) is 19.3. The Labute approximate surface area is 174 Å². The Morgan fingerprint density at radius 2 is 1.77 bits per heavy atom. The number of benzene rings is 2. The lowest BCUT2D eigenvalue weighted by molar-refractivity contribution is -0.128. The fourth-order valence-electron chi connectivity index (χ4n) is 1.91. The topological polar surface area (TPSA) is 76.7 Å². The summed E-state index contributed by atoms with van der Waals surface area (Å²) in [5.74, 6) is -0.0222. The number of ether oxygens (including phenoxy) is 2. The van der Waals surface area contributed by atoms with E-state index in [4.69, 9.17) is 32.7 Å². The van der Waals surface area contributed by atoms with E-state index in [1.165, 1.54) is 13.0 Å². The van der Waals surface area contributed by atoms with Crippen molar-refractivity contribution in [2.75, 3.05) is 7.11 Å². The van der Waals surface area contributed by atoms with Gasteiger partial charge in [0, 0.05) is 10.6 Å². The summed E-state index contributed by atoms with van der Waals surface area (Å²) in [6, 6.07) is 9.58. The van der Waals surface area contributed by atoms with E-state index in [1.54, 1.807) is 37.4 Å². The van der Waals surface area contributed by atoms with Crippen LogP contribution < -0.4 is 20.3 Å². The van der Waals surface area contributed by atoms with Gasteiger partial charge in [0.15, 0.2) is 6.10 Å². The van der Waals surface area contributed by atoms with Crippen LogP contribution in [0.25, 0.3) is 0 Å². The average Bonchev–Trinajstić information content (AvgIpc) is 2.61. The number of hydrogen-bond donors (Lipinski definition) is 2. The fourth-order valence-corrected chi connectivity index (χ4v) is 3.10. The highest BCUT2D eigenvalue weighted by Gasteiger charge is 2.17. The zero-order valence-electron chi connectivity index (χ0n) is 13.8. The molecule has 0 spiro atoms. The van der Waals surface area contributed by atoms with E-state index in [2.05, 4.69) is 33.4 Å². The number of hydrogen-bond acceptors (Lipinski definition) is 4. The quantitative estimate of drug-likeness (QED) is 0.475. The third kappa shape index (κ3) is 5.39. The van der Waals surface area contributed by atoms with Gasteiger partial charge in [0.05, 0.1) is 15.7 Å². The molecule has 2 aromatic rings. The first kappa shape index (κ1) is 20.6. The molecule has 0 heterocycles. The van der Waals surface area contributed by atoms with Gasteiger partial charge in [-0.2, -0.15) is 0 Å². The van der Waals surface area contributed by atoms with Crippen LogP contribution in [0.2, 0.25) is 10.0 Å². The minimum absolute atomic E-state index is 0.286. The highest BCUT2D eigenvalue weighted by atomic mass is 127. The molecule has 0 saturated carbocycles. The van der Waals surface area contributed by atoms with Crippen LogP contribution >= 0.6 is 45.8 Å². The number of carbonyl (C=O) groups is 2. The van der Waals surface area contributed by atoms with Gasteiger partial charge in [0.2, 0.25) is 0 Å². The molecule has 0 saturated heterocycles. The molecule has 0 bridgehead atoms. The van der Waals surface area contributed by atoms with E-state index in [-0.39, 0.29) is 5.02 Å². The molecule has 0 fully saturated rings. The van der Waals surface area contributed by atoms with Crippen LogP contribution in [0.5, 0.6) is 11.5 Å². The van der Waals surface area contributed by atoms with Crippen LogP contribution in [0.15, 0.2) is 36.4 Å². The second-order valence-electron chi connectivity index (χ2n) is 5.13. The van der Waals surface area contributed by atoms with Crippen LogP contribution in [0, 0.1) is 3.57 Å². The van der Waals surface area contributed by atoms with Crippen molar-refractivity contribution in [2.24, 2.45) is 0 Å². The number of carbonyl (C=O) groups excluding carboxylic acids is 2. The summed E-state index contributed by atoms with van der Waals surface area (Å²) in [5, 5.41) is 0.745. The predicted octanol–water partition coefficient (Wildman–Crippen LogP) is 3.84. The van der Waals surface area contributed by atoms with Crippen molar-refractivity contribution in [2.45, 2.75) is 13.0 Å². The number of rotatable bonds is 5. The molecule has 0 aliphatic rings. The first-order valence-electron chi connectivity index (χ1n) is 7.37. The Balaban J connectivity index is 1.92. The summed E-state index contributed by atoms with van der Waals surface area (Å²) >= 11 is 13.9. The van der Waals surface area contributed by atoms with Crippen LogP contribution in [-0.2, 0) is 4.79 Å². The molecule has 0 aliphatic heterocycles. The molecular formula is C17H15Cl2IN2O4. The average molecular weight is 509 g/mol. The molecule has 138 valence electrons. The molecule has 1 atom stereocenters. The monoisotopic (exact) mass is 508 g/mol. The summed E-state index contributed by atoms with van der Waals surface area (Å²) in [7, 11) is 1.55. The van der Waals surface area contributed by atoms with Gasteiger partial charge in [0.25, 0.3) is 11.8 Å². The third-order valence-electron chi connectivity index (χ3n) is 3.28. The molecule has 0 radical (unpaired) electrons. The molecule has 2 amide bonds. The van der Waals surface area contributed by atoms with Crippen LogP contribution in [0.1, 0.15) is 17.3 Å². The maximum Gasteiger partial charge on any atom is 0.279 e. The van der Waals surface area contributed by atoms with Crippen molar-refractivity contribution < 1.29 is 19.1 Å². The van der Waals surface area contributed by atoms with Crippen molar-refractivity contribution >= 4 is 57.6 Å². The van der Waals surface area contributed by atoms with Crippen molar-refractivity contribution in [3.8, 4) is 11.5 Å². The largest absolute Gasteiger partial charge is 0.496 e. The normalized spacial score (nSPS) is 11.4. The summed E-state index contributed by atoms with van der Waals surface area (Å²) in [6.07, 6.45) is -0.884. The maximum absolute atomic E-state index is 12.1. The molecule has 2 aromatic carbocycles. The molecule has 0 aromatic heterocycles. The SMILES string of the molecule is COc1ccc(C(=O)NNC(=O)C(C)Oc2ccc(Cl)cc2Cl)cc1I. The summed E-state index contributed by atoms with van der Waals surface area (Å²) in [4.78, 5) is 24.2. The van der Waals surface area contributed by atoms with Crippen molar-refractivity contribution in [3.05, 3.63) is 55.6 Å². The van der Waals surface area contributed by atoms with Gasteiger partial charge in [-0.25, -0.2) is 0 Å². The van der Waals surface area contributed by atoms with Gasteiger partial charge in [-0.15, -0.1) is 0 Å². The molecule has 9 heteroatoms. The first-order valence-corrected chi connectivity index (χ1v) is 9.20. The standard InChI is InChI=1S/C17H15Cl2IN2O4/c1-9(26-14-6-4-11(18)8-12(14)19)16(23)21-22-17(24)10-3-5-15(25-2)13(20)7-10/h3-9H,1-2H3,(H,21,23)(H,22,24). The van der Waals surface area contributed by atoms with Gasteiger partial charge in [-0.1, -0.05) is 23.2 Å². The molecular weight excluding hydrogens is 494 g/mol. The van der Waals surface area contributed by atoms with Gasteiger partial charge in [-0.05, 0) is 65.9 Å². The van der Waals surface area contributed by atoms with Crippen LogP contribution in [0.4, 0.5) is 0 Å². The Kier molecular flexibility index (Phi) is 7.36. The lowest BCUT2D eigenvalue weighted by Gasteiger charge is -2.16. The molecule has 26 heavy (non-hydrogen) atoms. The van der Waals surface area contributed by atoms with E-state index < -0.39 is 17.9 Å². The zero-order valence-corrected chi connectivity index (χ0v) is 17.5. The van der Waals surface area contributed by atoms with Gasteiger partial charge in [-0.3, -0.25) is 20.4 Å². The number of amides is 2.